The van der Waals surface area contributed by atoms with Gasteiger partial charge in [0.1, 0.15) is 17.3 Å². The van der Waals surface area contributed by atoms with Gasteiger partial charge in [0, 0.05) is 16.6 Å². The van der Waals surface area contributed by atoms with Crippen molar-refractivity contribution in [3.8, 4) is 0 Å². The standard InChI is InChI=1S/C13H9BrF2N2O2/c14-9-1-3-11(16)8(5-9)7-17-12-4-2-10(15)6-13(12)18(19)20/h1-6,17H,7H2. The van der Waals surface area contributed by atoms with Gasteiger partial charge in [0.2, 0.25) is 0 Å². The predicted octanol–water partition coefficient (Wildman–Crippen LogP) is 4.25. The fourth-order valence-corrected chi connectivity index (χ4v) is 2.08. The number of rotatable bonds is 4. The van der Waals surface area contributed by atoms with Crippen LogP contribution in [0.5, 0.6) is 0 Å². The molecule has 0 atom stereocenters. The third-order valence-electron chi connectivity index (χ3n) is 2.63. The van der Waals surface area contributed by atoms with Crippen molar-refractivity contribution in [2.24, 2.45) is 0 Å². The zero-order valence-corrected chi connectivity index (χ0v) is 11.7. The van der Waals surface area contributed by atoms with E-state index in [2.05, 4.69) is 21.2 Å². The van der Waals surface area contributed by atoms with E-state index in [1.54, 1.807) is 12.1 Å². The molecule has 104 valence electrons. The van der Waals surface area contributed by atoms with E-state index in [4.69, 9.17) is 0 Å². The highest BCUT2D eigenvalue weighted by Gasteiger charge is 2.15. The van der Waals surface area contributed by atoms with Crippen LogP contribution in [-0.2, 0) is 6.54 Å². The number of nitro groups is 1. The van der Waals surface area contributed by atoms with Crippen LogP contribution < -0.4 is 5.32 Å². The molecule has 7 heteroatoms. The van der Waals surface area contributed by atoms with Crippen molar-refractivity contribution >= 4 is 27.3 Å². The van der Waals surface area contributed by atoms with Crippen LogP contribution in [0.3, 0.4) is 0 Å². The molecule has 0 bridgehead atoms. The lowest BCUT2D eigenvalue weighted by molar-refractivity contribution is -0.384. The highest BCUT2D eigenvalue weighted by atomic mass is 79.9. The Morgan fingerprint density at radius 3 is 2.65 bits per heavy atom. The van der Waals surface area contributed by atoms with Crippen molar-refractivity contribution in [2.75, 3.05) is 5.32 Å². The number of nitro benzene ring substituents is 1. The smallest absolute Gasteiger partial charge is 0.295 e. The van der Waals surface area contributed by atoms with E-state index in [0.717, 1.165) is 12.1 Å². The number of benzene rings is 2. The van der Waals surface area contributed by atoms with Gasteiger partial charge in [0.15, 0.2) is 0 Å². The number of nitrogens with one attached hydrogen (secondary N) is 1. The van der Waals surface area contributed by atoms with Gasteiger partial charge in [-0.15, -0.1) is 0 Å². The Balaban J connectivity index is 2.23. The zero-order chi connectivity index (χ0) is 14.7. The minimum Gasteiger partial charge on any atom is -0.375 e. The van der Waals surface area contributed by atoms with Gasteiger partial charge in [-0.25, -0.2) is 8.78 Å². The van der Waals surface area contributed by atoms with E-state index in [-0.39, 0.29) is 17.9 Å². The second kappa shape index (κ2) is 5.96. The zero-order valence-electron chi connectivity index (χ0n) is 10.1. The lowest BCUT2D eigenvalue weighted by atomic mass is 10.2. The average Bonchev–Trinajstić information content (AvgIpc) is 2.40. The van der Waals surface area contributed by atoms with E-state index in [1.165, 1.54) is 12.1 Å². The van der Waals surface area contributed by atoms with Crippen LogP contribution in [0, 0.1) is 21.7 Å². The molecule has 0 saturated heterocycles. The minimum absolute atomic E-state index is 0.0533. The molecule has 0 aliphatic carbocycles. The largest absolute Gasteiger partial charge is 0.375 e. The van der Waals surface area contributed by atoms with Gasteiger partial charge < -0.3 is 5.32 Å². The second-order valence-corrected chi connectivity index (χ2v) is 4.92. The van der Waals surface area contributed by atoms with Gasteiger partial charge in [-0.3, -0.25) is 10.1 Å². The molecule has 0 amide bonds. The van der Waals surface area contributed by atoms with Gasteiger partial charge >= 0.3 is 0 Å². The van der Waals surface area contributed by atoms with E-state index in [9.17, 15) is 18.9 Å². The Labute approximate surface area is 121 Å². The molecule has 0 unspecified atom stereocenters. The predicted molar refractivity (Wildman–Crippen MR) is 74.5 cm³/mol. The van der Waals surface area contributed by atoms with Crippen LogP contribution in [0.15, 0.2) is 40.9 Å². The van der Waals surface area contributed by atoms with Gasteiger partial charge in [-0.1, -0.05) is 15.9 Å². The highest BCUT2D eigenvalue weighted by molar-refractivity contribution is 9.10. The summed E-state index contributed by atoms with van der Waals surface area (Å²) in [6, 6.07) is 7.59. The van der Waals surface area contributed by atoms with E-state index >= 15 is 0 Å². The van der Waals surface area contributed by atoms with Crippen molar-refractivity contribution in [3.63, 3.8) is 0 Å². The number of halogens is 3. The minimum atomic E-state index is -0.698. The lowest BCUT2D eigenvalue weighted by Gasteiger charge is -2.08. The van der Waals surface area contributed by atoms with Gasteiger partial charge in [-0.2, -0.15) is 0 Å². The lowest BCUT2D eigenvalue weighted by Crippen LogP contribution is -2.04. The summed E-state index contributed by atoms with van der Waals surface area (Å²) in [4.78, 5) is 10.1. The molecule has 2 aromatic rings. The third kappa shape index (κ3) is 3.30. The van der Waals surface area contributed by atoms with Crippen LogP contribution in [-0.4, -0.2) is 4.92 Å². The maximum absolute atomic E-state index is 13.5. The van der Waals surface area contributed by atoms with Crippen LogP contribution >= 0.6 is 15.9 Å². The van der Waals surface area contributed by atoms with Crippen molar-refractivity contribution in [1.29, 1.82) is 0 Å². The summed E-state index contributed by atoms with van der Waals surface area (Å²) in [5.41, 5.74) is 0.0918. The maximum Gasteiger partial charge on any atom is 0.295 e. The van der Waals surface area contributed by atoms with Crippen molar-refractivity contribution in [3.05, 3.63) is 68.2 Å². The Bertz CT molecular complexity index is 665. The number of nitrogens with zero attached hydrogens (tertiary/aromatic N) is 1. The molecule has 2 aromatic carbocycles. The number of anilines is 1. The Hall–Kier alpha value is -2.02. The molecule has 2 rings (SSSR count). The van der Waals surface area contributed by atoms with Crippen LogP contribution in [0.25, 0.3) is 0 Å². The van der Waals surface area contributed by atoms with Crippen molar-refractivity contribution in [2.45, 2.75) is 6.54 Å². The Morgan fingerprint density at radius 2 is 1.95 bits per heavy atom. The molecule has 0 spiro atoms. The molecule has 0 aliphatic rings. The summed E-state index contributed by atoms with van der Waals surface area (Å²) < 4.78 is 27.2. The molecule has 0 radical (unpaired) electrons. The molecule has 0 heterocycles. The molecular formula is C13H9BrF2N2O2. The molecule has 0 fully saturated rings. The average molecular weight is 343 g/mol. The summed E-state index contributed by atoms with van der Waals surface area (Å²) in [5.74, 6) is -1.12. The molecule has 4 nitrogen and oxygen atoms in total. The molecular weight excluding hydrogens is 334 g/mol. The van der Waals surface area contributed by atoms with Gasteiger partial charge in [0.05, 0.1) is 11.0 Å². The summed E-state index contributed by atoms with van der Waals surface area (Å²) in [6.07, 6.45) is 0. The maximum atomic E-state index is 13.5. The van der Waals surface area contributed by atoms with Gasteiger partial charge in [0.25, 0.3) is 5.69 Å². The van der Waals surface area contributed by atoms with Crippen LogP contribution in [0.2, 0.25) is 0 Å². The first-order valence-corrected chi connectivity index (χ1v) is 6.38. The highest BCUT2D eigenvalue weighted by Crippen LogP contribution is 2.26. The van der Waals surface area contributed by atoms with Crippen molar-refractivity contribution < 1.29 is 13.7 Å². The Kier molecular flexibility index (Phi) is 4.29. The van der Waals surface area contributed by atoms with Crippen molar-refractivity contribution in [1.82, 2.24) is 0 Å². The topological polar surface area (TPSA) is 55.2 Å². The molecule has 0 aromatic heterocycles. The number of hydrogen-bond acceptors (Lipinski definition) is 3. The first kappa shape index (κ1) is 14.4. The molecule has 0 saturated carbocycles. The van der Waals surface area contributed by atoms with Crippen LogP contribution in [0.4, 0.5) is 20.2 Å². The molecule has 0 aliphatic heterocycles. The molecule has 20 heavy (non-hydrogen) atoms. The summed E-state index contributed by atoms with van der Waals surface area (Å²) in [5, 5.41) is 13.6. The van der Waals surface area contributed by atoms with E-state index in [0.29, 0.717) is 10.0 Å². The fourth-order valence-electron chi connectivity index (χ4n) is 1.67. The van der Waals surface area contributed by atoms with Crippen LogP contribution in [0.1, 0.15) is 5.56 Å². The Morgan fingerprint density at radius 1 is 1.20 bits per heavy atom. The van der Waals surface area contributed by atoms with E-state index in [1.807, 2.05) is 0 Å². The quantitative estimate of drug-likeness (QED) is 0.667. The summed E-state index contributed by atoms with van der Waals surface area (Å²) >= 11 is 3.22. The van der Waals surface area contributed by atoms with E-state index < -0.39 is 16.6 Å². The SMILES string of the molecule is O=[N+]([O-])c1cc(F)ccc1NCc1cc(Br)ccc1F. The second-order valence-electron chi connectivity index (χ2n) is 4.01. The first-order valence-electron chi connectivity index (χ1n) is 5.59. The summed E-state index contributed by atoms with van der Waals surface area (Å²) in [7, 11) is 0. The third-order valence-corrected chi connectivity index (χ3v) is 3.13. The number of hydrogen-bond donors (Lipinski definition) is 1. The monoisotopic (exact) mass is 342 g/mol. The molecule has 1 N–H and O–H groups in total. The normalized spacial score (nSPS) is 10.3. The summed E-state index contributed by atoms with van der Waals surface area (Å²) in [6.45, 7) is 0.0533. The van der Waals surface area contributed by atoms with Gasteiger partial charge in [-0.05, 0) is 30.3 Å². The fraction of sp³-hybridized carbons (Fsp3) is 0.0769. The first-order chi connectivity index (χ1) is 9.47.